The van der Waals surface area contributed by atoms with Crippen LogP contribution in [0.1, 0.15) is 23.6 Å². The maximum Gasteiger partial charge on any atom is 0.264 e. The quantitative estimate of drug-likeness (QED) is 0.835. The molecular formula is C18H23NO3S. The van der Waals surface area contributed by atoms with Gasteiger partial charge in [0.2, 0.25) is 0 Å². The molecule has 0 heterocycles. The summed E-state index contributed by atoms with van der Waals surface area (Å²) in [6.07, 6.45) is 0. The molecule has 0 unspecified atom stereocenters. The lowest BCUT2D eigenvalue weighted by atomic mass is 10.1. The molecule has 0 fully saturated rings. The van der Waals surface area contributed by atoms with Crippen molar-refractivity contribution in [2.75, 3.05) is 18.0 Å². The van der Waals surface area contributed by atoms with Crippen LogP contribution in [0.3, 0.4) is 0 Å². The maximum atomic E-state index is 13.1. The Balaban J connectivity index is 2.55. The summed E-state index contributed by atoms with van der Waals surface area (Å²) >= 11 is 0. The van der Waals surface area contributed by atoms with E-state index >= 15 is 0 Å². The smallest absolute Gasteiger partial charge is 0.264 e. The van der Waals surface area contributed by atoms with Gasteiger partial charge in [-0.15, -0.1) is 0 Å². The van der Waals surface area contributed by atoms with Gasteiger partial charge >= 0.3 is 0 Å². The molecule has 0 saturated heterocycles. The Morgan fingerprint density at radius 2 is 1.70 bits per heavy atom. The van der Waals surface area contributed by atoms with Crippen LogP contribution in [0.25, 0.3) is 0 Å². The molecule has 0 amide bonds. The van der Waals surface area contributed by atoms with Gasteiger partial charge in [-0.2, -0.15) is 0 Å². The van der Waals surface area contributed by atoms with E-state index in [2.05, 4.69) is 0 Å². The molecule has 2 aromatic carbocycles. The summed E-state index contributed by atoms with van der Waals surface area (Å²) in [6.45, 7) is 7.94. The van der Waals surface area contributed by atoms with E-state index in [0.29, 0.717) is 12.3 Å². The molecular weight excluding hydrogens is 310 g/mol. The van der Waals surface area contributed by atoms with Crippen LogP contribution in [-0.2, 0) is 10.0 Å². The van der Waals surface area contributed by atoms with Crippen molar-refractivity contribution in [3.63, 3.8) is 0 Å². The molecule has 0 N–H and O–H groups in total. The third-order valence-electron chi connectivity index (χ3n) is 3.87. The minimum atomic E-state index is -3.61. The zero-order valence-electron chi connectivity index (χ0n) is 14.3. The molecule has 0 radical (unpaired) electrons. The number of benzene rings is 2. The van der Waals surface area contributed by atoms with E-state index < -0.39 is 10.0 Å². The van der Waals surface area contributed by atoms with Gasteiger partial charge in [0.1, 0.15) is 5.75 Å². The number of anilines is 1. The van der Waals surface area contributed by atoms with Crippen molar-refractivity contribution >= 4 is 15.7 Å². The number of rotatable bonds is 5. The molecule has 0 aliphatic rings. The van der Waals surface area contributed by atoms with E-state index in [1.807, 2.05) is 45.9 Å². The summed E-state index contributed by atoms with van der Waals surface area (Å²) < 4.78 is 32.8. The van der Waals surface area contributed by atoms with Crippen LogP contribution >= 0.6 is 0 Å². The van der Waals surface area contributed by atoms with Crippen molar-refractivity contribution in [1.29, 1.82) is 0 Å². The lowest BCUT2D eigenvalue weighted by Gasteiger charge is -2.25. The van der Waals surface area contributed by atoms with Gasteiger partial charge in [-0.3, -0.25) is 4.31 Å². The van der Waals surface area contributed by atoms with Crippen LogP contribution < -0.4 is 9.04 Å². The van der Waals surface area contributed by atoms with Crippen LogP contribution in [0.4, 0.5) is 5.69 Å². The zero-order valence-corrected chi connectivity index (χ0v) is 15.1. The van der Waals surface area contributed by atoms with Crippen LogP contribution in [-0.4, -0.2) is 22.1 Å². The monoisotopic (exact) mass is 333 g/mol. The Kier molecular flexibility index (Phi) is 5.00. The average molecular weight is 333 g/mol. The lowest BCUT2D eigenvalue weighted by Crippen LogP contribution is -2.31. The highest BCUT2D eigenvalue weighted by Gasteiger charge is 2.25. The minimum Gasteiger partial charge on any atom is -0.496 e. The largest absolute Gasteiger partial charge is 0.496 e. The van der Waals surface area contributed by atoms with Crippen LogP contribution in [0.15, 0.2) is 41.3 Å². The number of methoxy groups -OCH3 is 1. The molecule has 0 spiro atoms. The molecule has 4 nitrogen and oxygen atoms in total. The summed E-state index contributed by atoms with van der Waals surface area (Å²) in [7, 11) is -2.04. The Hall–Kier alpha value is -2.01. The molecule has 0 bridgehead atoms. The summed E-state index contributed by atoms with van der Waals surface area (Å²) in [5.41, 5.74) is 3.49. The fourth-order valence-corrected chi connectivity index (χ4v) is 4.21. The second kappa shape index (κ2) is 6.62. The molecule has 5 heteroatoms. The molecule has 23 heavy (non-hydrogen) atoms. The first-order valence-corrected chi connectivity index (χ1v) is 9.00. The van der Waals surface area contributed by atoms with Crippen molar-refractivity contribution in [2.24, 2.45) is 0 Å². The van der Waals surface area contributed by atoms with Gasteiger partial charge < -0.3 is 4.74 Å². The number of hydrogen-bond donors (Lipinski definition) is 0. The average Bonchev–Trinajstić information content (AvgIpc) is 2.51. The number of hydrogen-bond acceptors (Lipinski definition) is 3. The van der Waals surface area contributed by atoms with Crippen molar-refractivity contribution in [2.45, 2.75) is 32.6 Å². The predicted octanol–water partition coefficient (Wildman–Crippen LogP) is 3.84. The van der Waals surface area contributed by atoms with Gasteiger partial charge in [-0.25, -0.2) is 8.42 Å². The Morgan fingerprint density at radius 1 is 1.00 bits per heavy atom. The fourth-order valence-electron chi connectivity index (χ4n) is 2.60. The van der Waals surface area contributed by atoms with E-state index in [9.17, 15) is 8.42 Å². The van der Waals surface area contributed by atoms with Crippen LogP contribution in [0.2, 0.25) is 0 Å². The molecule has 2 rings (SSSR count). The van der Waals surface area contributed by atoms with Crippen molar-refractivity contribution in [3.05, 3.63) is 53.1 Å². The zero-order chi connectivity index (χ0) is 17.2. The third kappa shape index (κ3) is 3.34. The highest BCUT2D eigenvalue weighted by Crippen LogP contribution is 2.29. The molecule has 0 aromatic heterocycles. The van der Waals surface area contributed by atoms with Gasteiger partial charge in [0, 0.05) is 6.54 Å². The number of nitrogens with zero attached hydrogens (tertiary/aromatic N) is 1. The van der Waals surface area contributed by atoms with E-state index in [1.54, 1.807) is 25.3 Å². The second-order valence-electron chi connectivity index (χ2n) is 5.59. The molecule has 124 valence electrons. The van der Waals surface area contributed by atoms with E-state index in [0.717, 1.165) is 22.4 Å². The molecule has 0 aliphatic heterocycles. The molecule has 0 atom stereocenters. The summed E-state index contributed by atoms with van der Waals surface area (Å²) in [4.78, 5) is 0.276. The minimum absolute atomic E-state index is 0.276. The summed E-state index contributed by atoms with van der Waals surface area (Å²) in [5, 5.41) is 0. The van der Waals surface area contributed by atoms with Crippen molar-refractivity contribution in [1.82, 2.24) is 0 Å². The molecule has 2 aromatic rings. The SMILES string of the molecule is CCN(c1cc(C)ccc1C)S(=O)(=O)c1ccc(OC)c(C)c1. The Bertz CT molecular complexity index is 813. The predicted molar refractivity (Wildman–Crippen MR) is 93.9 cm³/mol. The second-order valence-corrected chi connectivity index (χ2v) is 7.45. The first-order chi connectivity index (χ1) is 10.8. The van der Waals surface area contributed by atoms with Gasteiger partial charge in [0.05, 0.1) is 17.7 Å². The Morgan fingerprint density at radius 3 is 2.26 bits per heavy atom. The summed E-state index contributed by atoms with van der Waals surface area (Å²) in [5.74, 6) is 0.679. The number of ether oxygens (including phenoxy) is 1. The Labute approximate surface area is 138 Å². The van der Waals surface area contributed by atoms with Gasteiger partial charge in [-0.1, -0.05) is 12.1 Å². The highest BCUT2D eigenvalue weighted by atomic mass is 32.2. The van der Waals surface area contributed by atoms with Gasteiger partial charge in [-0.05, 0) is 68.7 Å². The maximum absolute atomic E-state index is 13.1. The van der Waals surface area contributed by atoms with E-state index in [-0.39, 0.29) is 4.90 Å². The van der Waals surface area contributed by atoms with Crippen molar-refractivity contribution in [3.8, 4) is 5.75 Å². The number of aryl methyl sites for hydroxylation is 3. The standard InChI is InChI=1S/C18H23NO3S/c1-6-19(17-11-13(2)7-8-14(17)3)23(20,21)16-9-10-18(22-5)15(4)12-16/h7-12H,6H2,1-5H3. The highest BCUT2D eigenvalue weighted by molar-refractivity contribution is 7.92. The third-order valence-corrected chi connectivity index (χ3v) is 5.76. The van der Waals surface area contributed by atoms with Gasteiger partial charge in [0.25, 0.3) is 10.0 Å². The van der Waals surface area contributed by atoms with Crippen molar-refractivity contribution < 1.29 is 13.2 Å². The van der Waals surface area contributed by atoms with E-state index in [4.69, 9.17) is 4.74 Å². The van der Waals surface area contributed by atoms with Crippen LogP contribution in [0.5, 0.6) is 5.75 Å². The number of sulfonamides is 1. The lowest BCUT2D eigenvalue weighted by molar-refractivity contribution is 0.411. The first kappa shape index (κ1) is 17.3. The fraction of sp³-hybridized carbons (Fsp3) is 0.333. The molecule has 0 saturated carbocycles. The topological polar surface area (TPSA) is 46.6 Å². The van der Waals surface area contributed by atoms with Crippen LogP contribution in [0, 0.1) is 20.8 Å². The first-order valence-electron chi connectivity index (χ1n) is 7.56. The summed E-state index contributed by atoms with van der Waals surface area (Å²) in [6, 6.07) is 10.8. The molecule has 0 aliphatic carbocycles. The normalized spacial score (nSPS) is 11.3. The van der Waals surface area contributed by atoms with Gasteiger partial charge in [0.15, 0.2) is 0 Å². The van der Waals surface area contributed by atoms with E-state index in [1.165, 1.54) is 4.31 Å².